The maximum absolute atomic E-state index is 11.9. The molecule has 4 nitrogen and oxygen atoms in total. The number of carbonyl (C=O) groups excluding carboxylic acids is 2. The van der Waals surface area contributed by atoms with Crippen molar-refractivity contribution in [3.8, 4) is 5.75 Å². The van der Waals surface area contributed by atoms with E-state index in [-0.39, 0.29) is 12.5 Å². The second-order valence-corrected chi connectivity index (χ2v) is 5.36. The third kappa shape index (κ3) is 3.34. The maximum Gasteiger partial charge on any atom is 0.262 e. The molecule has 0 aromatic heterocycles. The molecule has 0 heterocycles. The van der Waals surface area contributed by atoms with Gasteiger partial charge in [0.1, 0.15) is 12.0 Å². The van der Waals surface area contributed by atoms with E-state index in [0.29, 0.717) is 11.3 Å². The highest BCUT2D eigenvalue weighted by Crippen LogP contribution is 2.24. The van der Waals surface area contributed by atoms with Crippen molar-refractivity contribution in [2.45, 2.75) is 19.3 Å². The number of nitrogens with one attached hydrogen (secondary N) is 1. The van der Waals surface area contributed by atoms with E-state index in [9.17, 15) is 9.59 Å². The Bertz CT molecular complexity index is 709. The number of carbonyl (C=O) groups is 2. The van der Waals surface area contributed by atoms with Crippen molar-refractivity contribution in [2.24, 2.45) is 0 Å². The molecule has 1 aliphatic rings. The van der Waals surface area contributed by atoms with Crippen molar-refractivity contribution in [3.63, 3.8) is 0 Å². The van der Waals surface area contributed by atoms with E-state index in [1.165, 1.54) is 17.5 Å². The molecule has 4 heteroatoms. The molecular formula is C18H17NO3. The number of amides is 1. The van der Waals surface area contributed by atoms with Crippen LogP contribution in [-0.2, 0) is 17.6 Å². The number of fused-ring (bicyclic) bond motifs is 1. The van der Waals surface area contributed by atoms with Crippen LogP contribution in [-0.4, -0.2) is 18.8 Å². The Labute approximate surface area is 129 Å². The summed E-state index contributed by atoms with van der Waals surface area (Å²) in [5.74, 6) is 0.295. The first-order chi connectivity index (χ1) is 10.7. The van der Waals surface area contributed by atoms with Crippen molar-refractivity contribution < 1.29 is 14.3 Å². The van der Waals surface area contributed by atoms with Crippen molar-refractivity contribution in [2.75, 3.05) is 11.9 Å². The molecule has 0 saturated heterocycles. The zero-order valence-electron chi connectivity index (χ0n) is 12.2. The van der Waals surface area contributed by atoms with Crippen LogP contribution in [0.2, 0.25) is 0 Å². The minimum atomic E-state index is -0.213. The first-order valence-corrected chi connectivity index (χ1v) is 7.34. The minimum Gasteiger partial charge on any atom is -0.484 e. The second kappa shape index (κ2) is 6.43. The average molecular weight is 295 g/mol. The predicted octanol–water partition coefficient (Wildman–Crippen LogP) is 3.01. The van der Waals surface area contributed by atoms with Gasteiger partial charge < -0.3 is 10.1 Å². The molecule has 2 aromatic rings. The summed E-state index contributed by atoms with van der Waals surface area (Å²) in [5.41, 5.74) is 4.02. The number of anilines is 1. The fraction of sp³-hybridized carbons (Fsp3) is 0.222. The van der Waals surface area contributed by atoms with E-state index >= 15 is 0 Å². The molecule has 2 aromatic carbocycles. The van der Waals surface area contributed by atoms with Crippen molar-refractivity contribution in [1.29, 1.82) is 0 Å². The van der Waals surface area contributed by atoms with Gasteiger partial charge in [-0.2, -0.15) is 0 Å². The summed E-state index contributed by atoms with van der Waals surface area (Å²) in [5, 5.41) is 2.84. The normalized spacial score (nSPS) is 12.5. The molecule has 0 spiro atoms. The van der Waals surface area contributed by atoms with E-state index in [1.807, 2.05) is 12.1 Å². The quantitative estimate of drug-likeness (QED) is 0.863. The molecule has 112 valence electrons. The van der Waals surface area contributed by atoms with Gasteiger partial charge in [0, 0.05) is 11.3 Å². The van der Waals surface area contributed by atoms with E-state index in [0.717, 1.165) is 24.8 Å². The van der Waals surface area contributed by atoms with Crippen LogP contribution in [0.5, 0.6) is 5.75 Å². The Morgan fingerprint density at radius 2 is 2.00 bits per heavy atom. The van der Waals surface area contributed by atoms with Crippen LogP contribution < -0.4 is 10.1 Å². The smallest absolute Gasteiger partial charge is 0.262 e. The summed E-state index contributed by atoms with van der Waals surface area (Å²) < 4.78 is 5.40. The van der Waals surface area contributed by atoms with Gasteiger partial charge in [-0.15, -0.1) is 0 Å². The molecular weight excluding hydrogens is 278 g/mol. The summed E-state index contributed by atoms with van der Waals surface area (Å²) in [4.78, 5) is 22.6. The van der Waals surface area contributed by atoms with E-state index in [2.05, 4.69) is 11.4 Å². The van der Waals surface area contributed by atoms with Crippen LogP contribution in [0.15, 0.2) is 42.5 Å². The lowest BCUT2D eigenvalue weighted by molar-refractivity contribution is -0.118. The number of aldehydes is 1. The topological polar surface area (TPSA) is 55.4 Å². The van der Waals surface area contributed by atoms with Crippen LogP contribution >= 0.6 is 0 Å². The first kappa shape index (κ1) is 14.3. The van der Waals surface area contributed by atoms with Crippen LogP contribution in [0.25, 0.3) is 0 Å². The highest BCUT2D eigenvalue weighted by Gasteiger charge is 2.12. The number of rotatable bonds is 5. The largest absolute Gasteiger partial charge is 0.484 e. The molecule has 0 bridgehead atoms. The van der Waals surface area contributed by atoms with Gasteiger partial charge in [0.2, 0.25) is 0 Å². The lowest BCUT2D eigenvalue weighted by Gasteiger charge is -2.09. The van der Waals surface area contributed by atoms with Gasteiger partial charge in [-0.05, 0) is 54.7 Å². The molecule has 0 saturated carbocycles. The van der Waals surface area contributed by atoms with Crippen LogP contribution in [0.3, 0.4) is 0 Å². The molecule has 1 N–H and O–H groups in total. The molecule has 0 unspecified atom stereocenters. The van der Waals surface area contributed by atoms with Crippen molar-refractivity contribution in [1.82, 2.24) is 0 Å². The van der Waals surface area contributed by atoms with Gasteiger partial charge in [0.15, 0.2) is 6.61 Å². The highest BCUT2D eigenvalue weighted by molar-refractivity contribution is 5.92. The summed E-state index contributed by atoms with van der Waals surface area (Å²) in [6, 6.07) is 12.8. The molecule has 22 heavy (non-hydrogen) atoms. The second-order valence-electron chi connectivity index (χ2n) is 5.36. The molecule has 1 amide bonds. The SMILES string of the molecule is O=Cc1cccc(OCC(=O)Nc2ccc3c(c2)CCC3)c1. The van der Waals surface area contributed by atoms with E-state index < -0.39 is 0 Å². The van der Waals surface area contributed by atoms with Crippen LogP contribution in [0.1, 0.15) is 27.9 Å². The lowest BCUT2D eigenvalue weighted by Crippen LogP contribution is -2.20. The van der Waals surface area contributed by atoms with Gasteiger partial charge in [-0.1, -0.05) is 18.2 Å². The minimum absolute atomic E-state index is 0.0839. The summed E-state index contributed by atoms with van der Waals surface area (Å²) in [7, 11) is 0. The zero-order chi connectivity index (χ0) is 15.4. The first-order valence-electron chi connectivity index (χ1n) is 7.34. The van der Waals surface area contributed by atoms with Crippen molar-refractivity contribution >= 4 is 17.9 Å². The predicted molar refractivity (Wildman–Crippen MR) is 84.4 cm³/mol. The third-order valence-electron chi connectivity index (χ3n) is 3.75. The van der Waals surface area contributed by atoms with Crippen molar-refractivity contribution in [3.05, 3.63) is 59.2 Å². The fourth-order valence-corrected chi connectivity index (χ4v) is 2.67. The Morgan fingerprint density at radius 1 is 1.14 bits per heavy atom. The lowest BCUT2D eigenvalue weighted by atomic mass is 10.1. The number of benzene rings is 2. The van der Waals surface area contributed by atoms with Crippen LogP contribution in [0, 0.1) is 0 Å². The molecule has 0 fully saturated rings. The highest BCUT2D eigenvalue weighted by atomic mass is 16.5. The van der Waals surface area contributed by atoms with E-state index in [4.69, 9.17) is 4.74 Å². The molecule has 1 aliphatic carbocycles. The summed E-state index contributed by atoms with van der Waals surface area (Å²) in [6.45, 7) is -0.0839. The Kier molecular flexibility index (Phi) is 4.19. The van der Waals surface area contributed by atoms with E-state index in [1.54, 1.807) is 24.3 Å². The van der Waals surface area contributed by atoms with Gasteiger partial charge in [-0.25, -0.2) is 0 Å². The zero-order valence-corrected chi connectivity index (χ0v) is 12.2. The van der Waals surface area contributed by atoms with Gasteiger partial charge in [0.25, 0.3) is 5.91 Å². The monoisotopic (exact) mass is 295 g/mol. The number of hydrogen-bond donors (Lipinski definition) is 1. The van der Waals surface area contributed by atoms with Gasteiger partial charge in [0.05, 0.1) is 0 Å². The average Bonchev–Trinajstić information content (AvgIpc) is 3.01. The summed E-state index contributed by atoms with van der Waals surface area (Å²) in [6.07, 6.45) is 4.13. The number of ether oxygens (including phenoxy) is 1. The number of aryl methyl sites for hydroxylation is 2. The molecule has 0 aliphatic heterocycles. The molecule has 0 atom stereocenters. The Morgan fingerprint density at radius 3 is 2.86 bits per heavy atom. The van der Waals surface area contributed by atoms with Gasteiger partial charge >= 0.3 is 0 Å². The number of hydrogen-bond acceptors (Lipinski definition) is 3. The third-order valence-corrected chi connectivity index (χ3v) is 3.75. The Hall–Kier alpha value is -2.62. The van der Waals surface area contributed by atoms with Crippen LogP contribution in [0.4, 0.5) is 5.69 Å². The summed E-state index contributed by atoms with van der Waals surface area (Å²) >= 11 is 0. The maximum atomic E-state index is 11.9. The molecule has 0 radical (unpaired) electrons. The molecule has 3 rings (SSSR count). The fourth-order valence-electron chi connectivity index (χ4n) is 2.67. The standard InChI is InChI=1S/C18H17NO3/c20-11-13-3-1-6-17(9-13)22-12-18(21)19-16-8-7-14-4-2-5-15(14)10-16/h1,3,6-11H,2,4-5,12H2,(H,19,21). The Balaban J connectivity index is 1.57. The van der Waals surface area contributed by atoms with Gasteiger partial charge in [-0.3, -0.25) is 9.59 Å².